The van der Waals surface area contributed by atoms with E-state index in [1.807, 2.05) is 0 Å². The summed E-state index contributed by atoms with van der Waals surface area (Å²) in [5.41, 5.74) is 1.45. The molecule has 106 valence electrons. The topological polar surface area (TPSA) is 29.9 Å². The third-order valence-corrected chi connectivity index (χ3v) is 6.28. The van der Waals surface area contributed by atoms with Crippen LogP contribution in [-0.2, 0) is 6.54 Å². The molecule has 2 heterocycles. The minimum atomic E-state index is 0.458. The van der Waals surface area contributed by atoms with Crippen molar-refractivity contribution in [3.05, 3.63) is 18.2 Å². The zero-order valence-electron chi connectivity index (χ0n) is 11.9. The van der Waals surface area contributed by atoms with E-state index < -0.39 is 0 Å². The van der Waals surface area contributed by atoms with Crippen LogP contribution in [0.25, 0.3) is 0 Å². The van der Waals surface area contributed by atoms with Crippen LogP contribution >= 0.6 is 11.8 Å². The molecule has 19 heavy (non-hydrogen) atoms. The Hall–Kier alpha value is -0.480. The molecule has 1 saturated carbocycles. The van der Waals surface area contributed by atoms with Gasteiger partial charge in [-0.2, -0.15) is 11.8 Å². The Bertz CT molecular complexity index is 403. The summed E-state index contributed by atoms with van der Waals surface area (Å²) in [4.78, 5) is 4.42. The fourth-order valence-corrected chi connectivity index (χ4v) is 4.61. The Kier molecular flexibility index (Phi) is 4.18. The van der Waals surface area contributed by atoms with Crippen molar-refractivity contribution in [2.45, 2.75) is 55.7 Å². The highest BCUT2D eigenvalue weighted by atomic mass is 32.2. The predicted octanol–water partition coefficient (Wildman–Crippen LogP) is 3.03. The molecule has 0 radical (unpaired) electrons. The first-order valence-electron chi connectivity index (χ1n) is 7.59. The van der Waals surface area contributed by atoms with Crippen molar-refractivity contribution in [3.63, 3.8) is 0 Å². The maximum absolute atomic E-state index is 4.42. The Morgan fingerprint density at radius 1 is 1.42 bits per heavy atom. The second-order valence-electron chi connectivity index (χ2n) is 6.08. The summed E-state index contributed by atoms with van der Waals surface area (Å²) in [5, 5.41) is 3.47. The molecular weight excluding hydrogens is 254 g/mol. The van der Waals surface area contributed by atoms with Gasteiger partial charge in [-0.3, -0.25) is 0 Å². The zero-order valence-corrected chi connectivity index (χ0v) is 12.7. The summed E-state index contributed by atoms with van der Waals surface area (Å²) < 4.78 is 2.90. The van der Waals surface area contributed by atoms with Gasteiger partial charge in [0.15, 0.2) is 0 Å². The molecule has 1 atom stereocenters. The van der Waals surface area contributed by atoms with Crippen molar-refractivity contribution in [1.29, 1.82) is 0 Å². The fraction of sp³-hybridized carbons (Fsp3) is 0.800. The molecule has 1 unspecified atom stereocenters. The predicted molar refractivity (Wildman–Crippen MR) is 81.8 cm³/mol. The monoisotopic (exact) mass is 279 g/mol. The molecule has 0 bridgehead atoms. The van der Waals surface area contributed by atoms with Crippen molar-refractivity contribution in [3.8, 4) is 0 Å². The van der Waals surface area contributed by atoms with E-state index in [0.29, 0.717) is 10.7 Å². The number of imidazole rings is 1. The summed E-state index contributed by atoms with van der Waals surface area (Å²) in [5.74, 6) is 0.671. The van der Waals surface area contributed by atoms with E-state index >= 15 is 0 Å². The van der Waals surface area contributed by atoms with Crippen molar-refractivity contribution in [2.75, 3.05) is 19.3 Å². The minimum Gasteiger partial charge on any atom is -0.333 e. The molecule has 1 aliphatic heterocycles. The maximum atomic E-state index is 4.42. The maximum Gasteiger partial charge on any atom is 0.0948 e. The van der Waals surface area contributed by atoms with Crippen molar-refractivity contribution < 1.29 is 0 Å². The summed E-state index contributed by atoms with van der Waals surface area (Å²) >= 11 is 2.08. The highest BCUT2D eigenvalue weighted by molar-refractivity contribution is 8.00. The fourth-order valence-electron chi connectivity index (χ4n) is 3.64. The molecule has 1 saturated heterocycles. The van der Waals surface area contributed by atoms with Gasteiger partial charge < -0.3 is 9.88 Å². The summed E-state index contributed by atoms with van der Waals surface area (Å²) in [7, 11) is 0. The van der Waals surface area contributed by atoms with E-state index in [-0.39, 0.29) is 0 Å². The van der Waals surface area contributed by atoms with Gasteiger partial charge in [-0.1, -0.05) is 19.3 Å². The number of hydrogen-bond acceptors (Lipinski definition) is 3. The van der Waals surface area contributed by atoms with Gasteiger partial charge in [-0.15, -0.1) is 0 Å². The minimum absolute atomic E-state index is 0.458. The second-order valence-corrected chi connectivity index (χ2v) is 7.36. The van der Waals surface area contributed by atoms with Gasteiger partial charge in [0, 0.05) is 35.6 Å². The highest BCUT2D eigenvalue weighted by Crippen LogP contribution is 2.40. The average Bonchev–Trinajstić information content (AvgIpc) is 3.10. The average molecular weight is 279 g/mol. The number of hydrogen-bond donors (Lipinski definition) is 1. The molecule has 0 amide bonds. The van der Waals surface area contributed by atoms with Crippen LogP contribution in [0.3, 0.4) is 0 Å². The lowest BCUT2D eigenvalue weighted by atomic mass is 9.88. The van der Waals surface area contributed by atoms with Crippen LogP contribution in [0.15, 0.2) is 12.5 Å². The van der Waals surface area contributed by atoms with Gasteiger partial charge in [0.1, 0.15) is 0 Å². The van der Waals surface area contributed by atoms with E-state index in [4.69, 9.17) is 0 Å². The molecule has 3 rings (SSSR count). The molecule has 0 spiro atoms. The Morgan fingerprint density at radius 3 is 2.95 bits per heavy atom. The largest absolute Gasteiger partial charge is 0.333 e. The molecule has 4 heteroatoms. The number of nitrogens with one attached hydrogen (secondary N) is 1. The first-order valence-corrected chi connectivity index (χ1v) is 8.81. The highest BCUT2D eigenvalue weighted by Gasteiger charge is 2.32. The smallest absolute Gasteiger partial charge is 0.0948 e. The number of thioether (sulfide) groups is 1. The van der Waals surface area contributed by atoms with Crippen LogP contribution in [-0.4, -0.2) is 33.6 Å². The van der Waals surface area contributed by atoms with Crippen molar-refractivity contribution in [2.24, 2.45) is 0 Å². The summed E-state index contributed by atoms with van der Waals surface area (Å²) in [6.45, 7) is 3.43. The van der Waals surface area contributed by atoms with E-state index in [1.54, 1.807) is 0 Å². The number of rotatable bonds is 4. The molecule has 0 aromatic carbocycles. The van der Waals surface area contributed by atoms with E-state index in [9.17, 15) is 0 Å². The Labute approximate surface area is 120 Å². The molecular formula is C15H25N3S. The molecule has 1 aromatic rings. The van der Waals surface area contributed by atoms with Crippen LogP contribution in [0.4, 0.5) is 0 Å². The SMILES string of the molecule is CSC1(Cn2cncc2C2CCNC2)CCCCC1. The van der Waals surface area contributed by atoms with E-state index in [2.05, 4.69) is 45.4 Å². The zero-order chi connectivity index (χ0) is 13.1. The van der Waals surface area contributed by atoms with Gasteiger partial charge in [0.2, 0.25) is 0 Å². The Morgan fingerprint density at radius 2 is 2.26 bits per heavy atom. The summed E-state index contributed by atoms with van der Waals surface area (Å²) in [6, 6.07) is 0. The first-order chi connectivity index (χ1) is 9.33. The number of aromatic nitrogens is 2. The van der Waals surface area contributed by atoms with E-state index in [0.717, 1.165) is 19.6 Å². The van der Waals surface area contributed by atoms with Crippen molar-refractivity contribution >= 4 is 11.8 Å². The van der Waals surface area contributed by atoms with Crippen molar-refractivity contribution in [1.82, 2.24) is 14.9 Å². The number of nitrogens with zero attached hydrogens (tertiary/aromatic N) is 2. The molecule has 2 fully saturated rings. The lowest BCUT2D eigenvalue weighted by Crippen LogP contribution is -2.33. The lowest BCUT2D eigenvalue weighted by Gasteiger charge is -2.36. The van der Waals surface area contributed by atoms with Crippen LogP contribution in [0, 0.1) is 0 Å². The molecule has 1 aromatic heterocycles. The van der Waals surface area contributed by atoms with Gasteiger partial charge in [-0.05, 0) is 32.1 Å². The first kappa shape index (κ1) is 13.5. The summed E-state index contributed by atoms with van der Waals surface area (Å²) in [6.07, 6.45) is 14.7. The van der Waals surface area contributed by atoms with Gasteiger partial charge in [0.25, 0.3) is 0 Å². The lowest BCUT2D eigenvalue weighted by molar-refractivity contribution is 0.353. The van der Waals surface area contributed by atoms with Gasteiger partial charge in [0.05, 0.1) is 6.33 Å². The van der Waals surface area contributed by atoms with Crippen LogP contribution < -0.4 is 5.32 Å². The third-order valence-electron chi connectivity index (χ3n) is 4.88. The molecule has 3 nitrogen and oxygen atoms in total. The normalized spacial score (nSPS) is 26.7. The molecule has 2 aliphatic rings. The van der Waals surface area contributed by atoms with Crippen LogP contribution in [0.1, 0.15) is 50.1 Å². The van der Waals surface area contributed by atoms with Gasteiger partial charge >= 0.3 is 0 Å². The molecule has 1 aliphatic carbocycles. The van der Waals surface area contributed by atoms with Gasteiger partial charge in [-0.25, -0.2) is 4.98 Å². The standard InChI is InChI=1S/C15H25N3S/c1-19-15(6-3-2-4-7-15)11-18-12-17-10-14(18)13-5-8-16-9-13/h10,12-13,16H,2-9,11H2,1H3. The van der Waals surface area contributed by atoms with Crippen LogP contribution in [0.2, 0.25) is 0 Å². The van der Waals surface area contributed by atoms with E-state index in [1.165, 1.54) is 44.2 Å². The Balaban J connectivity index is 1.76. The van der Waals surface area contributed by atoms with Crippen LogP contribution in [0.5, 0.6) is 0 Å². The quantitative estimate of drug-likeness (QED) is 0.919. The third kappa shape index (κ3) is 2.84. The molecule has 1 N–H and O–H groups in total. The second kappa shape index (κ2) is 5.88.